The molecule has 0 spiro atoms. The number of fused-ring (bicyclic) bond motifs is 2. The highest BCUT2D eigenvalue weighted by molar-refractivity contribution is 6.00. The van der Waals surface area contributed by atoms with E-state index in [0.29, 0.717) is 45.3 Å². The number of cyclic esters (lactones) is 1. The smallest absolute Gasteiger partial charge is 0.410 e. The van der Waals surface area contributed by atoms with Crippen molar-refractivity contribution in [1.82, 2.24) is 45.1 Å². The fourth-order valence-corrected chi connectivity index (χ4v) is 9.36. The van der Waals surface area contributed by atoms with E-state index in [-0.39, 0.29) is 24.7 Å². The Hall–Kier alpha value is -4.07. The van der Waals surface area contributed by atoms with Crippen LogP contribution >= 0.6 is 0 Å². The Morgan fingerprint density at radius 1 is 1.03 bits per heavy atom. The normalized spacial score (nSPS) is 34.9. The lowest BCUT2D eigenvalue weighted by atomic mass is 9.79. The molecule has 59 heavy (non-hydrogen) atoms. The molecule has 0 saturated carbocycles. The Bertz CT molecular complexity index is 1920. The van der Waals surface area contributed by atoms with Crippen LogP contribution in [-0.2, 0) is 46.4 Å². The van der Waals surface area contributed by atoms with E-state index >= 15 is 0 Å². The summed E-state index contributed by atoms with van der Waals surface area (Å²) >= 11 is 0. The number of benzene rings is 1. The monoisotopic (exact) mass is 825 g/mol. The number of carbonyl (C=O) groups is 3. The summed E-state index contributed by atoms with van der Waals surface area (Å²) in [7, 11) is 5.27. The molecule has 0 aliphatic carbocycles. The van der Waals surface area contributed by atoms with Crippen molar-refractivity contribution < 1.29 is 43.2 Å². The molecule has 6 rings (SSSR count). The van der Waals surface area contributed by atoms with Crippen LogP contribution in [0.2, 0.25) is 0 Å². The Morgan fingerprint density at radius 2 is 1.76 bits per heavy atom. The van der Waals surface area contributed by atoms with Crippen molar-refractivity contribution >= 4 is 28.9 Å². The van der Waals surface area contributed by atoms with Gasteiger partial charge < -0.3 is 39.0 Å². The van der Waals surface area contributed by atoms with Gasteiger partial charge in [-0.3, -0.25) is 19.2 Å². The number of likely N-dealkylation sites (N-methyl/N-ethyl adjacent to an activating group) is 1. The van der Waals surface area contributed by atoms with E-state index in [1.165, 1.54) is 6.92 Å². The number of nitrogens with one attached hydrogen (secondary N) is 1. The Balaban J connectivity index is 1.19. The van der Waals surface area contributed by atoms with Gasteiger partial charge in [-0.05, 0) is 86.5 Å². The van der Waals surface area contributed by atoms with Crippen LogP contribution in [0, 0.1) is 11.8 Å². The predicted octanol–water partition coefficient (Wildman–Crippen LogP) is 2.80. The number of aromatic nitrogens is 6. The molecule has 0 radical (unpaired) electrons. The van der Waals surface area contributed by atoms with Crippen molar-refractivity contribution in [1.29, 1.82) is 0 Å². The summed E-state index contributed by atoms with van der Waals surface area (Å²) in [6.45, 7) is 14.4. The summed E-state index contributed by atoms with van der Waals surface area (Å²) in [5.41, 5.74) is 0.152. The van der Waals surface area contributed by atoms with Gasteiger partial charge in [0.05, 0.1) is 48.7 Å². The third-order valence-electron chi connectivity index (χ3n) is 12.6. The molecule has 5 heterocycles. The zero-order valence-electron chi connectivity index (χ0n) is 36.1. The number of nitrogens with zero attached hydrogens (tertiary/aromatic N) is 8. The van der Waals surface area contributed by atoms with Crippen LogP contribution in [0.3, 0.4) is 0 Å². The summed E-state index contributed by atoms with van der Waals surface area (Å²) in [6, 6.07) is 6.32. The van der Waals surface area contributed by atoms with Gasteiger partial charge in [0, 0.05) is 38.2 Å². The second-order valence-corrected chi connectivity index (χ2v) is 17.2. The molecule has 3 saturated heterocycles. The first-order valence-electron chi connectivity index (χ1n) is 20.8. The Labute approximate surface area is 346 Å². The number of unbranched alkanes of at least 4 members (excludes halogenated alkanes) is 1. The van der Waals surface area contributed by atoms with Gasteiger partial charge in [-0.2, -0.15) is 0 Å². The Kier molecular flexibility index (Phi) is 13.8. The number of aliphatic hydroxyl groups is 1. The first-order chi connectivity index (χ1) is 28.0. The van der Waals surface area contributed by atoms with Gasteiger partial charge in [0.2, 0.25) is 0 Å². The molecule has 3 fully saturated rings. The maximum atomic E-state index is 14.2. The highest BCUT2D eigenvalue weighted by atomic mass is 16.7. The molecule has 12 atom stereocenters. The van der Waals surface area contributed by atoms with E-state index in [9.17, 15) is 19.5 Å². The number of ketones is 1. The summed E-state index contributed by atoms with van der Waals surface area (Å²) in [4.78, 5) is 45.6. The summed E-state index contributed by atoms with van der Waals surface area (Å²) < 4.78 is 34.6. The molecule has 18 nitrogen and oxygen atoms in total. The number of aliphatic hydroxyl groups excluding tert-OH is 1. The van der Waals surface area contributed by atoms with Crippen molar-refractivity contribution in [2.45, 2.75) is 147 Å². The molecule has 0 unspecified atom stereocenters. The summed E-state index contributed by atoms with van der Waals surface area (Å²) in [5.74, 6) is -3.15. The fraction of sp³-hybridized carbons (Fsp3) is 0.732. The van der Waals surface area contributed by atoms with Crippen LogP contribution in [0.15, 0.2) is 30.5 Å². The lowest BCUT2D eigenvalue weighted by Gasteiger charge is -2.45. The fourth-order valence-electron chi connectivity index (χ4n) is 9.36. The number of rotatable bonds is 12. The van der Waals surface area contributed by atoms with Crippen molar-refractivity contribution in [3.8, 4) is 0 Å². The number of aryl methyl sites for hydroxylation is 1. The molecule has 2 aromatic heterocycles. The zero-order valence-corrected chi connectivity index (χ0v) is 36.1. The predicted molar refractivity (Wildman–Crippen MR) is 215 cm³/mol. The highest BCUT2D eigenvalue weighted by Crippen LogP contribution is 2.40. The van der Waals surface area contributed by atoms with Crippen molar-refractivity contribution in [2.75, 3.05) is 34.4 Å². The second kappa shape index (κ2) is 18.3. The van der Waals surface area contributed by atoms with Gasteiger partial charge in [0.15, 0.2) is 17.7 Å². The number of esters is 1. The minimum atomic E-state index is -1.24. The molecule has 326 valence electrons. The van der Waals surface area contributed by atoms with Gasteiger partial charge in [0.1, 0.15) is 29.3 Å². The molecule has 3 aliphatic rings. The minimum absolute atomic E-state index is 0.228. The summed E-state index contributed by atoms with van der Waals surface area (Å²) in [6.07, 6.45) is -0.319. The maximum Gasteiger partial charge on any atom is 0.410 e. The minimum Gasteiger partial charge on any atom is -0.458 e. The van der Waals surface area contributed by atoms with Gasteiger partial charge in [-0.15, -0.1) is 10.2 Å². The van der Waals surface area contributed by atoms with E-state index in [1.807, 2.05) is 84.1 Å². The molecular formula is C41H63N9O9. The molecule has 0 bridgehead atoms. The van der Waals surface area contributed by atoms with Crippen LogP contribution in [0.1, 0.15) is 79.8 Å². The van der Waals surface area contributed by atoms with Gasteiger partial charge in [0.25, 0.3) is 0 Å². The molecule has 18 heteroatoms. The lowest BCUT2D eigenvalue weighted by Crippen LogP contribution is -2.62. The molecule has 3 aromatic rings. The van der Waals surface area contributed by atoms with Gasteiger partial charge in [-0.25, -0.2) is 9.48 Å². The van der Waals surface area contributed by atoms with Crippen LogP contribution in [-0.4, -0.2) is 157 Å². The third kappa shape index (κ3) is 9.17. The SMILES string of the molecule is CC[C@H]1OC(=O)[C@H](C)C(=O)[C@H](C)[C@@H](O[C@@H]2OC[C@@H](N(C)C)[C@H]2O)[C@@](C)(OC)C[C@@H](C)N[C@H](C)[C@H]2N(CCCCn3cc(Cn4nnc5ccccc54)nn3)C(=O)O[C@]12C. The van der Waals surface area contributed by atoms with Gasteiger partial charge >= 0.3 is 12.1 Å². The third-order valence-corrected chi connectivity index (χ3v) is 12.6. The standard InChI is InChI=1S/C41H63N9O9/c1-11-32-41(7)35(49(39(54)59-41)19-15-14-18-48-21-28(43-45-48)22-50-30-17-13-12-16-29(30)44-46-50)27(5)42-24(2)20-40(6,55-10)36(25(3)33(51)26(4)37(53)57-32)58-38-34(52)31(23-56-38)47(8)9/h12-13,16-17,21,24-27,31-32,34-36,38,42,52H,11,14-15,18-20,22-23H2,1-10H3/t24-,25+,26-,27-,31-,32-,34-,35-,36-,38+,40+,41-/m1/s1. The zero-order chi connectivity index (χ0) is 42.8. The van der Waals surface area contributed by atoms with Crippen LogP contribution < -0.4 is 5.32 Å². The molecule has 1 aromatic carbocycles. The van der Waals surface area contributed by atoms with Crippen LogP contribution in [0.25, 0.3) is 11.0 Å². The largest absolute Gasteiger partial charge is 0.458 e. The molecular weight excluding hydrogens is 763 g/mol. The van der Waals surface area contributed by atoms with E-state index < -0.39 is 71.5 Å². The average Bonchev–Trinajstić information content (AvgIpc) is 3.98. The molecule has 2 N–H and O–H groups in total. The van der Waals surface area contributed by atoms with Crippen molar-refractivity contribution in [2.24, 2.45) is 11.8 Å². The Morgan fingerprint density at radius 3 is 2.46 bits per heavy atom. The first-order valence-corrected chi connectivity index (χ1v) is 20.8. The number of amides is 1. The number of carbonyl (C=O) groups excluding carboxylic acids is 3. The number of hydrogen-bond donors (Lipinski definition) is 2. The lowest BCUT2D eigenvalue weighted by molar-refractivity contribution is -0.238. The summed E-state index contributed by atoms with van der Waals surface area (Å²) in [5, 5.41) is 32.0. The quantitative estimate of drug-likeness (QED) is 0.154. The molecule has 3 aliphatic heterocycles. The number of para-hydroxylation sites is 1. The van der Waals surface area contributed by atoms with E-state index in [4.69, 9.17) is 23.7 Å². The number of ether oxygens (including phenoxy) is 5. The topological polar surface area (TPSA) is 198 Å². The van der Waals surface area contributed by atoms with Crippen molar-refractivity contribution in [3.63, 3.8) is 0 Å². The van der Waals surface area contributed by atoms with E-state index in [0.717, 1.165) is 16.7 Å². The van der Waals surface area contributed by atoms with E-state index in [1.54, 1.807) is 28.3 Å². The average molecular weight is 826 g/mol. The van der Waals surface area contributed by atoms with Crippen molar-refractivity contribution in [3.05, 3.63) is 36.2 Å². The highest BCUT2D eigenvalue weighted by Gasteiger charge is 2.59. The van der Waals surface area contributed by atoms with E-state index in [2.05, 4.69) is 25.9 Å². The number of methoxy groups -OCH3 is 1. The van der Waals surface area contributed by atoms with Crippen LogP contribution in [0.5, 0.6) is 0 Å². The second-order valence-electron chi connectivity index (χ2n) is 17.2. The number of Topliss-reactive ketones (excluding diaryl/α,β-unsaturated/α-hetero) is 1. The molecule has 1 amide bonds. The number of hydrogen-bond acceptors (Lipinski definition) is 15. The van der Waals surface area contributed by atoms with Crippen LogP contribution in [0.4, 0.5) is 4.79 Å². The van der Waals surface area contributed by atoms with Gasteiger partial charge in [-0.1, -0.05) is 36.4 Å². The maximum absolute atomic E-state index is 14.2. The first kappa shape index (κ1) is 44.5.